The first-order valence-electron chi connectivity index (χ1n) is 9.03. The summed E-state index contributed by atoms with van der Waals surface area (Å²) in [5.41, 5.74) is 2.16. The fourth-order valence-electron chi connectivity index (χ4n) is 3.07. The molecule has 4 rings (SSSR count). The molecule has 2 saturated heterocycles. The lowest BCUT2D eigenvalue weighted by atomic mass is 10.2. The third kappa shape index (κ3) is 4.97. The number of anilines is 4. The van der Waals surface area contributed by atoms with Crippen LogP contribution in [-0.2, 0) is 9.47 Å². The van der Waals surface area contributed by atoms with Gasteiger partial charge in [0, 0.05) is 31.9 Å². The van der Waals surface area contributed by atoms with E-state index in [-0.39, 0.29) is 12.4 Å². The van der Waals surface area contributed by atoms with E-state index >= 15 is 0 Å². The van der Waals surface area contributed by atoms with Crippen LogP contribution < -0.4 is 15.1 Å². The van der Waals surface area contributed by atoms with Crippen LogP contribution in [0.15, 0.2) is 24.3 Å². The van der Waals surface area contributed by atoms with Crippen molar-refractivity contribution >= 4 is 35.9 Å². The summed E-state index contributed by atoms with van der Waals surface area (Å²) in [7, 11) is 0. The number of aromatic nitrogens is 3. The minimum atomic E-state index is 0. The van der Waals surface area contributed by atoms with Gasteiger partial charge in [0.25, 0.3) is 0 Å². The van der Waals surface area contributed by atoms with Crippen LogP contribution in [0.25, 0.3) is 0 Å². The Morgan fingerprint density at radius 3 is 1.93 bits per heavy atom. The lowest BCUT2D eigenvalue weighted by Gasteiger charge is -2.30. The standard InChI is InChI=1S/C18H24N6O2.ClH/c1-14-3-2-4-15(13-14)19-16-20-17(23-5-9-25-10-6-23)22-18(21-16)24-7-11-26-12-8-24;/h2-4,13H,5-12H2,1H3,(H,19,20,21,22);1H. The topological polar surface area (TPSA) is 75.6 Å². The molecule has 3 heterocycles. The summed E-state index contributed by atoms with van der Waals surface area (Å²) >= 11 is 0. The molecular weight excluding hydrogens is 368 g/mol. The summed E-state index contributed by atoms with van der Waals surface area (Å²) in [5.74, 6) is 1.95. The minimum Gasteiger partial charge on any atom is -0.378 e. The Balaban J connectivity index is 0.00000210. The summed E-state index contributed by atoms with van der Waals surface area (Å²) in [6, 6.07) is 8.17. The monoisotopic (exact) mass is 392 g/mol. The van der Waals surface area contributed by atoms with Gasteiger partial charge in [-0.05, 0) is 24.6 Å². The molecule has 0 spiro atoms. The van der Waals surface area contributed by atoms with Crippen LogP contribution in [0.3, 0.4) is 0 Å². The number of nitrogens with one attached hydrogen (secondary N) is 1. The van der Waals surface area contributed by atoms with Gasteiger partial charge in [-0.2, -0.15) is 15.0 Å². The molecule has 0 unspecified atom stereocenters. The van der Waals surface area contributed by atoms with Crippen LogP contribution >= 0.6 is 12.4 Å². The van der Waals surface area contributed by atoms with Crippen molar-refractivity contribution in [2.45, 2.75) is 6.92 Å². The Morgan fingerprint density at radius 2 is 1.41 bits per heavy atom. The highest BCUT2D eigenvalue weighted by Crippen LogP contribution is 2.21. The van der Waals surface area contributed by atoms with Crippen LogP contribution in [-0.4, -0.2) is 67.6 Å². The van der Waals surface area contributed by atoms with E-state index < -0.39 is 0 Å². The van der Waals surface area contributed by atoms with E-state index in [4.69, 9.17) is 14.5 Å². The molecule has 0 atom stereocenters. The number of aryl methyl sites for hydroxylation is 1. The van der Waals surface area contributed by atoms with Crippen LogP contribution in [0.4, 0.5) is 23.5 Å². The Hall–Kier alpha value is -2.16. The number of nitrogens with zero attached hydrogens (tertiary/aromatic N) is 5. The third-order valence-corrected chi connectivity index (χ3v) is 4.47. The van der Waals surface area contributed by atoms with Gasteiger partial charge in [-0.15, -0.1) is 12.4 Å². The maximum atomic E-state index is 5.45. The Kier molecular flexibility index (Phi) is 6.65. The highest BCUT2D eigenvalue weighted by atomic mass is 35.5. The average Bonchev–Trinajstić information content (AvgIpc) is 2.69. The van der Waals surface area contributed by atoms with Crippen LogP contribution in [0, 0.1) is 6.92 Å². The first-order valence-corrected chi connectivity index (χ1v) is 9.03. The Bertz CT molecular complexity index is 714. The summed E-state index contributed by atoms with van der Waals surface area (Å²) < 4.78 is 10.9. The second kappa shape index (κ2) is 9.16. The van der Waals surface area contributed by atoms with Crippen molar-refractivity contribution in [3.05, 3.63) is 29.8 Å². The molecule has 1 aromatic carbocycles. The van der Waals surface area contributed by atoms with Crippen LogP contribution in [0.5, 0.6) is 0 Å². The lowest BCUT2D eigenvalue weighted by Crippen LogP contribution is -2.40. The second-order valence-corrected chi connectivity index (χ2v) is 6.45. The van der Waals surface area contributed by atoms with Gasteiger partial charge in [0.2, 0.25) is 17.8 Å². The quantitative estimate of drug-likeness (QED) is 0.847. The molecule has 1 N–H and O–H groups in total. The summed E-state index contributed by atoms with van der Waals surface area (Å²) in [6.07, 6.45) is 0. The van der Waals surface area contributed by atoms with Crippen molar-refractivity contribution in [1.82, 2.24) is 15.0 Å². The number of morpholine rings is 2. The third-order valence-electron chi connectivity index (χ3n) is 4.47. The van der Waals surface area contributed by atoms with E-state index in [0.717, 1.165) is 31.9 Å². The highest BCUT2D eigenvalue weighted by molar-refractivity contribution is 5.85. The van der Waals surface area contributed by atoms with E-state index in [9.17, 15) is 0 Å². The minimum absolute atomic E-state index is 0. The molecule has 8 nitrogen and oxygen atoms in total. The zero-order valence-corrected chi connectivity index (χ0v) is 16.2. The summed E-state index contributed by atoms with van der Waals surface area (Å²) in [4.78, 5) is 18.3. The molecule has 0 radical (unpaired) electrons. The number of hydrogen-bond donors (Lipinski definition) is 1. The predicted octanol–water partition coefficient (Wildman–Crippen LogP) is 2.02. The number of benzene rings is 1. The number of halogens is 1. The molecule has 2 aliphatic heterocycles. The predicted molar refractivity (Wildman–Crippen MR) is 108 cm³/mol. The molecule has 0 amide bonds. The molecule has 0 aliphatic carbocycles. The summed E-state index contributed by atoms with van der Waals surface area (Å²) in [5, 5.41) is 3.33. The first-order chi connectivity index (χ1) is 12.8. The molecular formula is C18H25ClN6O2. The number of hydrogen-bond acceptors (Lipinski definition) is 8. The summed E-state index contributed by atoms with van der Waals surface area (Å²) in [6.45, 7) is 7.99. The van der Waals surface area contributed by atoms with Crippen molar-refractivity contribution in [2.75, 3.05) is 67.7 Å². The molecule has 1 aromatic heterocycles. The maximum absolute atomic E-state index is 5.45. The van der Waals surface area contributed by atoms with Crippen molar-refractivity contribution in [2.24, 2.45) is 0 Å². The van der Waals surface area contributed by atoms with Crippen molar-refractivity contribution < 1.29 is 9.47 Å². The number of ether oxygens (including phenoxy) is 2. The molecule has 146 valence electrons. The average molecular weight is 393 g/mol. The fourth-order valence-corrected chi connectivity index (χ4v) is 3.07. The van der Waals surface area contributed by atoms with Gasteiger partial charge in [-0.1, -0.05) is 12.1 Å². The normalized spacial score (nSPS) is 17.4. The van der Waals surface area contributed by atoms with E-state index in [2.05, 4.69) is 44.1 Å². The van der Waals surface area contributed by atoms with Gasteiger partial charge in [0.15, 0.2) is 0 Å². The van der Waals surface area contributed by atoms with Gasteiger partial charge < -0.3 is 24.6 Å². The van der Waals surface area contributed by atoms with E-state index in [1.54, 1.807) is 0 Å². The Labute approximate surface area is 165 Å². The number of rotatable bonds is 4. The molecule has 0 saturated carbocycles. The smallest absolute Gasteiger partial charge is 0.233 e. The zero-order valence-electron chi connectivity index (χ0n) is 15.4. The van der Waals surface area contributed by atoms with Gasteiger partial charge in [-0.25, -0.2) is 0 Å². The molecule has 2 aliphatic rings. The lowest BCUT2D eigenvalue weighted by molar-refractivity contribution is 0.121. The van der Waals surface area contributed by atoms with Gasteiger partial charge in [-0.3, -0.25) is 0 Å². The van der Waals surface area contributed by atoms with Crippen LogP contribution in [0.1, 0.15) is 5.56 Å². The molecule has 0 bridgehead atoms. The second-order valence-electron chi connectivity index (χ2n) is 6.45. The first kappa shape index (κ1) is 19.6. The molecule has 2 aromatic rings. The molecule has 9 heteroatoms. The van der Waals surface area contributed by atoms with Crippen LogP contribution in [0.2, 0.25) is 0 Å². The van der Waals surface area contributed by atoms with E-state index in [0.29, 0.717) is 44.3 Å². The highest BCUT2D eigenvalue weighted by Gasteiger charge is 2.20. The van der Waals surface area contributed by atoms with E-state index in [1.165, 1.54) is 5.56 Å². The van der Waals surface area contributed by atoms with Gasteiger partial charge >= 0.3 is 0 Å². The molecule has 27 heavy (non-hydrogen) atoms. The molecule has 2 fully saturated rings. The maximum Gasteiger partial charge on any atom is 0.233 e. The van der Waals surface area contributed by atoms with Crippen molar-refractivity contribution in [3.8, 4) is 0 Å². The van der Waals surface area contributed by atoms with E-state index in [1.807, 2.05) is 12.1 Å². The fraction of sp³-hybridized carbons (Fsp3) is 0.500. The SMILES string of the molecule is Cc1cccc(Nc2nc(N3CCOCC3)nc(N3CCOCC3)n2)c1.Cl. The van der Waals surface area contributed by atoms with Crippen molar-refractivity contribution in [1.29, 1.82) is 0 Å². The van der Waals surface area contributed by atoms with Gasteiger partial charge in [0.05, 0.1) is 26.4 Å². The largest absolute Gasteiger partial charge is 0.378 e. The van der Waals surface area contributed by atoms with Gasteiger partial charge in [0.1, 0.15) is 0 Å². The zero-order chi connectivity index (χ0) is 17.8. The Morgan fingerprint density at radius 1 is 0.852 bits per heavy atom. The van der Waals surface area contributed by atoms with Crippen molar-refractivity contribution in [3.63, 3.8) is 0 Å².